The van der Waals surface area contributed by atoms with Gasteiger partial charge in [0.2, 0.25) is 11.7 Å². The second-order valence-corrected chi connectivity index (χ2v) is 6.60. The Hall–Kier alpha value is -1.73. The number of hydrogen-bond acceptors (Lipinski definition) is 5. The summed E-state index contributed by atoms with van der Waals surface area (Å²) >= 11 is 2.72. The van der Waals surface area contributed by atoms with Gasteiger partial charge in [0.15, 0.2) is 0 Å². The Bertz CT molecular complexity index is 743. The van der Waals surface area contributed by atoms with E-state index >= 15 is 0 Å². The molecule has 3 rings (SSSR count). The van der Waals surface area contributed by atoms with Gasteiger partial charge < -0.3 is 4.52 Å². The number of benzene rings is 1. The van der Waals surface area contributed by atoms with Crippen LogP contribution in [0.1, 0.15) is 18.1 Å². The van der Waals surface area contributed by atoms with E-state index in [1.54, 1.807) is 0 Å². The first-order valence-corrected chi connectivity index (χ1v) is 7.88. The number of halogens is 2. The molecule has 0 bridgehead atoms. The first kappa shape index (κ1) is 14.2. The van der Waals surface area contributed by atoms with Gasteiger partial charge in [-0.2, -0.15) is 4.98 Å². The molecule has 1 atom stereocenters. The SMILES string of the molecule is C[C@@H](Sc1ccc(F)cc1F)c1nc(-c2cccs2)no1. The van der Waals surface area contributed by atoms with Crippen LogP contribution in [0.2, 0.25) is 0 Å². The highest BCUT2D eigenvalue weighted by Crippen LogP contribution is 2.36. The van der Waals surface area contributed by atoms with Gasteiger partial charge in [-0.25, -0.2) is 8.78 Å². The first-order chi connectivity index (χ1) is 10.1. The van der Waals surface area contributed by atoms with Gasteiger partial charge in [0.25, 0.3) is 0 Å². The summed E-state index contributed by atoms with van der Waals surface area (Å²) in [6.07, 6.45) is 0. The molecule has 0 aliphatic carbocycles. The van der Waals surface area contributed by atoms with E-state index in [0.717, 1.165) is 10.9 Å². The van der Waals surface area contributed by atoms with Crippen LogP contribution < -0.4 is 0 Å². The minimum Gasteiger partial charge on any atom is -0.338 e. The molecule has 2 aromatic heterocycles. The molecule has 1 aromatic carbocycles. The molecule has 21 heavy (non-hydrogen) atoms. The number of nitrogens with zero attached hydrogens (tertiary/aromatic N) is 2. The summed E-state index contributed by atoms with van der Waals surface area (Å²) in [7, 11) is 0. The quantitative estimate of drug-likeness (QED) is 0.638. The highest BCUT2D eigenvalue weighted by Gasteiger charge is 2.18. The Morgan fingerprint density at radius 2 is 2.14 bits per heavy atom. The molecule has 7 heteroatoms. The van der Waals surface area contributed by atoms with Crippen molar-refractivity contribution < 1.29 is 13.3 Å². The van der Waals surface area contributed by atoms with Crippen molar-refractivity contribution in [3.63, 3.8) is 0 Å². The van der Waals surface area contributed by atoms with Crippen molar-refractivity contribution in [3.05, 3.63) is 53.2 Å². The van der Waals surface area contributed by atoms with Gasteiger partial charge in [0.1, 0.15) is 11.6 Å². The lowest BCUT2D eigenvalue weighted by Crippen LogP contribution is -1.91. The first-order valence-electron chi connectivity index (χ1n) is 6.12. The number of aromatic nitrogens is 2. The number of hydrogen-bond donors (Lipinski definition) is 0. The predicted octanol–water partition coefficient (Wildman–Crippen LogP) is 4.93. The molecule has 0 N–H and O–H groups in total. The third-order valence-corrected chi connectivity index (χ3v) is 4.73. The molecule has 2 heterocycles. The summed E-state index contributed by atoms with van der Waals surface area (Å²) in [5, 5.41) is 5.61. The zero-order chi connectivity index (χ0) is 14.8. The number of thioether (sulfide) groups is 1. The maximum Gasteiger partial charge on any atom is 0.240 e. The molecule has 0 aliphatic rings. The van der Waals surface area contributed by atoms with E-state index in [-0.39, 0.29) is 5.25 Å². The van der Waals surface area contributed by atoms with E-state index in [0.29, 0.717) is 16.6 Å². The van der Waals surface area contributed by atoms with Crippen molar-refractivity contribution in [2.24, 2.45) is 0 Å². The van der Waals surface area contributed by atoms with Crippen LogP contribution in [0.15, 0.2) is 45.1 Å². The van der Waals surface area contributed by atoms with Crippen molar-refractivity contribution in [1.29, 1.82) is 0 Å². The molecule has 0 aliphatic heterocycles. The highest BCUT2D eigenvalue weighted by atomic mass is 32.2. The van der Waals surface area contributed by atoms with Gasteiger partial charge in [-0.05, 0) is 30.5 Å². The van der Waals surface area contributed by atoms with Crippen LogP contribution in [0, 0.1) is 11.6 Å². The molecule has 3 aromatic rings. The molecule has 0 saturated heterocycles. The van der Waals surface area contributed by atoms with Gasteiger partial charge >= 0.3 is 0 Å². The van der Waals surface area contributed by atoms with Crippen LogP contribution in [0.5, 0.6) is 0 Å². The average molecular weight is 324 g/mol. The zero-order valence-electron chi connectivity index (χ0n) is 10.9. The average Bonchev–Trinajstić information content (AvgIpc) is 3.10. The van der Waals surface area contributed by atoms with Gasteiger partial charge in [0.05, 0.1) is 10.1 Å². The van der Waals surface area contributed by atoms with Crippen LogP contribution in [0.25, 0.3) is 10.7 Å². The summed E-state index contributed by atoms with van der Waals surface area (Å²) < 4.78 is 31.7. The van der Waals surface area contributed by atoms with E-state index in [1.807, 2.05) is 24.4 Å². The molecular weight excluding hydrogens is 314 g/mol. The van der Waals surface area contributed by atoms with Crippen LogP contribution in [-0.2, 0) is 0 Å². The third-order valence-electron chi connectivity index (χ3n) is 2.73. The van der Waals surface area contributed by atoms with E-state index in [1.165, 1.54) is 35.2 Å². The molecule has 108 valence electrons. The summed E-state index contributed by atoms with van der Waals surface area (Å²) in [5.41, 5.74) is 0. The van der Waals surface area contributed by atoms with E-state index < -0.39 is 11.6 Å². The fourth-order valence-electron chi connectivity index (χ4n) is 1.72. The van der Waals surface area contributed by atoms with Crippen molar-refractivity contribution >= 4 is 23.1 Å². The Balaban J connectivity index is 1.78. The van der Waals surface area contributed by atoms with E-state index in [9.17, 15) is 8.78 Å². The van der Waals surface area contributed by atoms with E-state index in [2.05, 4.69) is 10.1 Å². The minimum absolute atomic E-state index is 0.230. The van der Waals surface area contributed by atoms with Crippen molar-refractivity contribution in [1.82, 2.24) is 10.1 Å². The maximum atomic E-state index is 13.6. The smallest absolute Gasteiger partial charge is 0.240 e. The van der Waals surface area contributed by atoms with Crippen molar-refractivity contribution in [2.75, 3.05) is 0 Å². The maximum absolute atomic E-state index is 13.6. The normalized spacial score (nSPS) is 12.5. The largest absolute Gasteiger partial charge is 0.338 e. The molecule has 0 unspecified atom stereocenters. The van der Waals surface area contributed by atoms with Crippen molar-refractivity contribution in [3.8, 4) is 10.7 Å². The Labute approximate surface area is 128 Å². The number of rotatable bonds is 4. The summed E-state index contributed by atoms with van der Waals surface area (Å²) in [6.45, 7) is 1.83. The molecule has 0 amide bonds. The summed E-state index contributed by atoms with van der Waals surface area (Å²) in [6, 6.07) is 7.30. The fourth-order valence-corrected chi connectivity index (χ4v) is 3.26. The molecule has 0 fully saturated rings. The van der Waals surface area contributed by atoms with Gasteiger partial charge in [0, 0.05) is 11.0 Å². The Morgan fingerprint density at radius 3 is 2.86 bits per heavy atom. The molecule has 3 nitrogen and oxygen atoms in total. The molecule has 0 spiro atoms. The van der Waals surface area contributed by atoms with Crippen LogP contribution in [-0.4, -0.2) is 10.1 Å². The lowest BCUT2D eigenvalue weighted by atomic mass is 10.3. The second kappa shape index (κ2) is 5.95. The zero-order valence-corrected chi connectivity index (χ0v) is 12.5. The van der Waals surface area contributed by atoms with E-state index in [4.69, 9.17) is 4.52 Å². The number of thiophene rings is 1. The van der Waals surface area contributed by atoms with Crippen molar-refractivity contribution in [2.45, 2.75) is 17.1 Å². The van der Waals surface area contributed by atoms with Crippen LogP contribution >= 0.6 is 23.1 Å². The summed E-state index contributed by atoms with van der Waals surface area (Å²) in [5.74, 6) is -0.258. The summed E-state index contributed by atoms with van der Waals surface area (Å²) in [4.78, 5) is 5.57. The molecule has 0 saturated carbocycles. The van der Waals surface area contributed by atoms with Crippen LogP contribution in [0.3, 0.4) is 0 Å². The second-order valence-electron chi connectivity index (χ2n) is 4.27. The molecule has 0 radical (unpaired) electrons. The topological polar surface area (TPSA) is 38.9 Å². The van der Waals surface area contributed by atoms with Gasteiger partial charge in [-0.3, -0.25) is 0 Å². The van der Waals surface area contributed by atoms with Crippen LogP contribution in [0.4, 0.5) is 8.78 Å². The standard InChI is InChI=1S/C14H10F2N2OS2/c1-8(21-11-5-4-9(15)7-10(11)16)14-17-13(18-19-14)12-3-2-6-20-12/h2-8H,1H3/t8-/m1/s1. The monoisotopic (exact) mass is 324 g/mol. The Morgan fingerprint density at radius 1 is 1.29 bits per heavy atom. The predicted molar refractivity (Wildman–Crippen MR) is 78.2 cm³/mol. The lowest BCUT2D eigenvalue weighted by Gasteiger charge is -2.07. The van der Waals surface area contributed by atoms with Gasteiger partial charge in [-0.15, -0.1) is 23.1 Å². The lowest BCUT2D eigenvalue weighted by molar-refractivity contribution is 0.381. The highest BCUT2D eigenvalue weighted by molar-refractivity contribution is 7.99. The third kappa shape index (κ3) is 3.14. The molecular formula is C14H10F2N2OS2. The Kier molecular flexibility index (Phi) is 4.03. The van der Waals surface area contributed by atoms with Gasteiger partial charge in [-0.1, -0.05) is 11.2 Å². The minimum atomic E-state index is -0.595. The fraction of sp³-hybridized carbons (Fsp3) is 0.143.